The summed E-state index contributed by atoms with van der Waals surface area (Å²) in [6.45, 7) is 8.39. The van der Waals surface area contributed by atoms with Gasteiger partial charge in [-0.3, -0.25) is 4.99 Å². The van der Waals surface area contributed by atoms with Crippen molar-refractivity contribution in [1.29, 1.82) is 0 Å². The van der Waals surface area contributed by atoms with Gasteiger partial charge in [0.25, 0.3) is 0 Å². The first-order valence-electron chi connectivity index (χ1n) is 5.23. The van der Waals surface area contributed by atoms with Crippen molar-refractivity contribution in [2.45, 2.75) is 39.7 Å². The average Bonchev–Trinajstić information content (AvgIpc) is 2.52. The number of hydrogen-bond donors (Lipinski definition) is 1. The van der Waals surface area contributed by atoms with E-state index in [1.807, 2.05) is 6.92 Å². The first-order chi connectivity index (χ1) is 6.16. The molecule has 3 nitrogen and oxygen atoms in total. The molecule has 0 aromatic rings. The van der Waals surface area contributed by atoms with Gasteiger partial charge in [-0.25, -0.2) is 0 Å². The standard InChI is InChI=1S/C10H21N3/c1-4-12-10(11)13-7-5-6-9(13)8(2)3/h8-9H,4-7H2,1-3H3,(H2,11,12). The van der Waals surface area contributed by atoms with Crippen LogP contribution >= 0.6 is 0 Å². The Morgan fingerprint density at radius 1 is 1.62 bits per heavy atom. The van der Waals surface area contributed by atoms with Gasteiger partial charge >= 0.3 is 0 Å². The molecule has 0 spiro atoms. The van der Waals surface area contributed by atoms with Crippen LogP contribution in [0.5, 0.6) is 0 Å². The highest BCUT2D eigenvalue weighted by atomic mass is 15.3. The fourth-order valence-corrected chi connectivity index (χ4v) is 2.02. The van der Waals surface area contributed by atoms with Crippen LogP contribution < -0.4 is 5.73 Å². The molecule has 0 saturated carbocycles. The molecule has 0 aliphatic carbocycles. The largest absolute Gasteiger partial charge is 0.370 e. The van der Waals surface area contributed by atoms with Crippen LogP contribution in [0.1, 0.15) is 33.6 Å². The van der Waals surface area contributed by atoms with Gasteiger partial charge in [-0.15, -0.1) is 0 Å². The van der Waals surface area contributed by atoms with Crippen molar-refractivity contribution >= 4 is 5.96 Å². The molecule has 1 fully saturated rings. The summed E-state index contributed by atoms with van der Waals surface area (Å²) in [5, 5.41) is 0. The molecule has 1 aliphatic heterocycles. The van der Waals surface area contributed by atoms with Gasteiger partial charge in [0.1, 0.15) is 0 Å². The van der Waals surface area contributed by atoms with Crippen LogP contribution in [0.4, 0.5) is 0 Å². The van der Waals surface area contributed by atoms with Gasteiger partial charge in [-0.1, -0.05) is 13.8 Å². The lowest BCUT2D eigenvalue weighted by molar-refractivity contribution is 0.306. The molecule has 1 heterocycles. The van der Waals surface area contributed by atoms with Gasteiger partial charge in [-0.2, -0.15) is 0 Å². The molecule has 2 N–H and O–H groups in total. The zero-order chi connectivity index (χ0) is 9.84. The van der Waals surface area contributed by atoms with E-state index in [9.17, 15) is 0 Å². The lowest BCUT2D eigenvalue weighted by atomic mass is 10.0. The van der Waals surface area contributed by atoms with Gasteiger partial charge in [0, 0.05) is 19.1 Å². The molecular formula is C10H21N3. The highest BCUT2D eigenvalue weighted by molar-refractivity contribution is 5.78. The number of hydrogen-bond acceptors (Lipinski definition) is 1. The molecule has 13 heavy (non-hydrogen) atoms. The minimum atomic E-state index is 0.607. The predicted molar refractivity (Wildman–Crippen MR) is 56.7 cm³/mol. The summed E-state index contributed by atoms with van der Waals surface area (Å²) in [5.41, 5.74) is 5.89. The van der Waals surface area contributed by atoms with E-state index in [1.165, 1.54) is 12.8 Å². The Kier molecular flexibility index (Phi) is 3.58. The normalized spacial score (nSPS) is 24.5. The summed E-state index contributed by atoms with van der Waals surface area (Å²) in [5.74, 6) is 1.41. The van der Waals surface area contributed by atoms with Crippen molar-refractivity contribution in [2.24, 2.45) is 16.6 Å². The van der Waals surface area contributed by atoms with Crippen LogP contribution in [-0.2, 0) is 0 Å². The monoisotopic (exact) mass is 183 g/mol. The molecule has 1 aliphatic rings. The Bertz CT molecular complexity index is 187. The Balaban J connectivity index is 2.62. The van der Waals surface area contributed by atoms with E-state index in [0.29, 0.717) is 12.0 Å². The smallest absolute Gasteiger partial charge is 0.191 e. The molecule has 0 bridgehead atoms. The van der Waals surface area contributed by atoms with Gasteiger partial charge < -0.3 is 10.6 Å². The number of nitrogens with two attached hydrogens (primary N) is 1. The summed E-state index contributed by atoms with van der Waals surface area (Å²) >= 11 is 0. The Hall–Kier alpha value is -0.730. The first kappa shape index (κ1) is 10.4. The zero-order valence-electron chi connectivity index (χ0n) is 8.95. The highest BCUT2D eigenvalue weighted by Gasteiger charge is 2.27. The highest BCUT2D eigenvalue weighted by Crippen LogP contribution is 2.22. The molecule has 3 heteroatoms. The summed E-state index contributed by atoms with van der Waals surface area (Å²) in [7, 11) is 0. The topological polar surface area (TPSA) is 41.6 Å². The van der Waals surface area contributed by atoms with E-state index in [2.05, 4.69) is 23.7 Å². The summed E-state index contributed by atoms with van der Waals surface area (Å²) < 4.78 is 0. The molecule has 0 amide bonds. The van der Waals surface area contributed by atoms with Crippen LogP contribution in [0, 0.1) is 5.92 Å². The minimum Gasteiger partial charge on any atom is -0.370 e. The van der Waals surface area contributed by atoms with Crippen molar-refractivity contribution in [3.05, 3.63) is 0 Å². The van der Waals surface area contributed by atoms with E-state index in [1.54, 1.807) is 0 Å². The summed E-state index contributed by atoms with van der Waals surface area (Å²) in [6.07, 6.45) is 2.51. The fourth-order valence-electron chi connectivity index (χ4n) is 2.02. The summed E-state index contributed by atoms with van der Waals surface area (Å²) in [4.78, 5) is 6.52. The minimum absolute atomic E-state index is 0.607. The maximum Gasteiger partial charge on any atom is 0.191 e. The van der Waals surface area contributed by atoms with Crippen molar-refractivity contribution in [2.75, 3.05) is 13.1 Å². The third-order valence-electron chi connectivity index (χ3n) is 2.68. The maximum absolute atomic E-state index is 5.89. The van der Waals surface area contributed by atoms with E-state index in [-0.39, 0.29) is 0 Å². The Morgan fingerprint density at radius 3 is 2.85 bits per heavy atom. The second-order valence-electron chi connectivity index (χ2n) is 3.98. The molecule has 0 aromatic heterocycles. The van der Waals surface area contributed by atoms with Crippen LogP contribution in [0.15, 0.2) is 4.99 Å². The van der Waals surface area contributed by atoms with Gasteiger partial charge in [0.15, 0.2) is 5.96 Å². The molecule has 1 atom stereocenters. The second-order valence-corrected chi connectivity index (χ2v) is 3.98. The fraction of sp³-hybridized carbons (Fsp3) is 0.900. The molecule has 1 rings (SSSR count). The van der Waals surface area contributed by atoms with Crippen LogP contribution in [0.2, 0.25) is 0 Å². The number of aliphatic imine (C=N–C) groups is 1. The predicted octanol–water partition coefficient (Wildman–Crippen LogP) is 1.44. The van der Waals surface area contributed by atoms with Crippen LogP contribution in [0.25, 0.3) is 0 Å². The summed E-state index contributed by atoms with van der Waals surface area (Å²) in [6, 6.07) is 0.607. The van der Waals surface area contributed by atoms with E-state index >= 15 is 0 Å². The van der Waals surface area contributed by atoms with E-state index in [0.717, 1.165) is 19.0 Å². The SMILES string of the molecule is CCN=C(N)N1CCCC1C(C)C. The van der Waals surface area contributed by atoms with Crippen LogP contribution in [0.3, 0.4) is 0 Å². The van der Waals surface area contributed by atoms with Crippen molar-refractivity contribution in [1.82, 2.24) is 4.90 Å². The van der Waals surface area contributed by atoms with Crippen LogP contribution in [-0.4, -0.2) is 30.0 Å². The lowest BCUT2D eigenvalue weighted by Gasteiger charge is -2.28. The third-order valence-corrected chi connectivity index (χ3v) is 2.68. The number of likely N-dealkylation sites (tertiary alicyclic amines) is 1. The molecule has 1 unspecified atom stereocenters. The molecule has 0 aromatic carbocycles. The number of rotatable bonds is 2. The quantitative estimate of drug-likeness (QED) is 0.520. The van der Waals surface area contributed by atoms with Crippen molar-refractivity contribution < 1.29 is 0 Å². The van der Waals surface area contributed by atoms with E-state index in [4.69, 9.17) is 5.73 Å². The van der Waals surface area contributed by atoms with Gasteiger partial charge in [0.2, 0.25) is 0 Å². The molecular weight excluding hydrogens is 162 g/mol. The van der Waals surface area contributed by atoms with Crippen molar-refractivity contribution in [3.8, 4) is 0 Å². The number of nitrogens with zero attached hydrogens (tertiary/aromatic N) is 2. The third kappa shape index (κ3) is 2.36. The average molecular weight is 183 g/mol. The zero-order valence-corrected chi connectivity index (χ0v) is 8.95. The molecule has 1 saturated heterocycles. The molecule has 76 valence electrons. The Labute approximate surface area is 81.0 Å². The second kappa shape index (κ2) is 4.49. The lowest BCUT2D eigenvalue weighted by Crippen LogP contribution is -2.43. The maximum atomic E-state index is 5.89. The van der Waals surface area contributed by atoms with Gasteiger partial charge in [0.05, 0.1) is 0 Å². The van der Waals surface area contributed by atoms with Gasteiger partial charge in [-0.05, 0) is 25.7 Å². The first-order valence-corrected chi connectivity index (χ1v) is 5.23. The molecule has 0 radical (unpaired) electrons. The number of guanidine groups is 1. The Morgan fingerprint density at radius 2 is 2.31 bits per heavy atom. The van der Waals surface area contributed by atoms with Crippen molar-refractivity contribution in [3.63, 3.8) is 0 Å². The van der Waals surface area contributed by atoms with E-state index < -0.39 is 0 Å².